The van der Waals surface area contributed by atoms with Crippen LogP contribution in [0, 0.1) is 0 Å². The molecular formula is C13H17NO2. The molecular weight excluding hydrogens is 202 g/mol. The molecule has 86 valence electrons. The quantitative estimate of drug-likeness (QED) is 0.716. The molecule has 1 fully saturated rings. The lowest BCUT2D eigenvalue weighted by molar-refractivity contribution is 0.0384. The first-order valence-corrected chi connectivity index (χ1v) is 5.73. The number of aldehydes is 1. The smallest absolute Gasteiger partial charge is 0.150 e. The molecule has 1 aliphatic rings. The summed E-state index contributed by atoms with van der Waals surface area (Å²) in [5.74, 6) is 0. The molecule has 0 spiro atoms. The number of benzene rings is 1. The Hall–Kier alpha value is -1.19. The molecule has 1 saturated heterocycles. The third kappa shape index (κ3) is 2.90. The largest absolute Gasteiger partial charge is 0.379 e. The fraction of sp³-hybridized carbons (Fsp3) is 0.462. The summed E-state index contributed by atoms with van der Waals surface area (Å²) >= 11 is 0. The lowest BCUT2D eigenvalue weighted by Crippen LogP contribution is -2.37. The van der Waals surface area contributed by atoms with E-state index >= 15 is 0 Å². The zero-order chi connectivity index (χ0) is 11.2. The second-order valence-electron chi connectivity index (χ2n) is 4.02. The van der Waals surface area contributed by atoms with Crippen molar-refractivity contribution in [2.75, 3.05) is 32.8 Å². The lowest BCUT2D eigenvalue weighted by atomic mass is 10.1. The molecule has 0 atom stereocenters. The molecule has 3 heteroatoms. The van der Waals surface area contributed by atoms with E-state index in [1.165, 1.54) is 0 Å². The molecule has 0 N–H and O–H groups in total. The van der Waals surface area contributed by atoms with Crippen LogP contribution in [0.5, 0.6) is 0 Å². The fourth-order valence-corrected chi connectivity index (χ4v) is 1.98. The van der Waals surface area contributed by atoms with Crippen LogP contribution in [0.1, 0.15) is 15.9 Å². The van der Waals surface area contributed by atoms with Crippen molar-refractivity contribution >= 4 is 6.29 Å². The van der Waals surface area contributed by atoms with Crippen molar-refractivity contribution in [2.24, 2.45) is 0 Å². The summed E-state index contributed by atoms with van der Waals surface area (Å²) in [6, 6.07) is 7.80. The van der Waals surface area contributed by atoms with Crippen molar-refractivity contribution in [3.8, 4) is 0 Å². The summed E-state index contributed by atoms with van der Waals surface area (Å²) in [5.41, 5.74) is 1.96. The minimum Gasteiger partial charge on any atom is -0.379 e. The van der Waals surface area contributed by atoms with Crippen LogP contribution in [-0.4, -0.2) is 44.0 Å². The summed E-state index contributed by atoms with van der Waals surface area (Å²) < 4.78 is 5.30. The van der Waals surface area contributed by atoms with Gasteiger partial charge < -0.3 is 4.74 Å². The summed E-state index contributed by atoms with van der Waals surface area (Å²) in [6.45, 7) is 4.67. The summed E-state index contributed by atoms with van der Waals surface area (Å²) in [6.07, 6.45) is 1.88. The van der Waals surface area contributed by atoms with Gasteiger partial charge in [0.05, 0.1) is 13.2 Å². The lowest BCUT2D eigenvalue weighted by Gasteiger charge is -2.26. The Morgan fingerprint density at radius 3 is 2.75 bits per heavy atom. The van der Waals surface area contributed by atoms with E-state index in [1.807, 2.05) is 24.3 Å². The average molecular weight is 219 g/mol. The van der Waals surface area contributed by atoms with Crippen molar-refractivity contribution in [3.63, 3.8) is 0 Å². The van der Waals surface area contributed by atoms with Crippen LogP contribution in [0.25, 0.3) is 0 Å². The van der Waals surface area contributed by atoms with Gasteiger partial charge in [0, 0.05) is 25.2 Å². The van der Waals surface area contributed by atoms with Crippen LogP contribution in [0.4, 0.5) is 0 Å². The minimum absolute atomic E-state index is 0.816. The Labute approximate surface area is 96.0 Å². The molecule has 0 amide bonds. The normalized spacial score (nSPS) is 17.2. The average Bonchev–Trinajstić information content (AvgIpc) is 2.38. The molecule has 1 aromatic carbocycles. The van der Waals surface area contributed by atoms with Crippen LogP contribution in [0.2, 0.25) is 0 Å². The first-order chi connectivity index (χ1) is 7.90. The van der Waals surface area contributed by atoms with E-state index in [-0.39, 0.29) is 0 Å². The molecule has 16 heavy (non-hydrogen) atoms. The number of nitrogens with zero attached hydrogens (tertiary/aromatic N) is 1. The van der Waals surface area contributed by atoms with Gasteiger partial charge in [0.25, 0.3) is 0 Å². The minimum atomic E-state index is 0.816. The Morgan fingerprint density at radius 2 is 2.00 bits per heavy atom. The molecule has 1 heterocycles. The molecule has 0 unspecified atom stereocenters. The van der Waals surface area contributed by atoms with Gasteiger partial charge in [-0.2, -0.15) is 0 Å². The first kappa shape index (κ1) is 11.3. The highest BCUT2D eigenvalue weighted by atomic mass is 16.5. The van der Waals surface area contributed by atoms with Gasteiger partial charge in [0.2, 0.25) is 0 Å². The van der Waals surface area contributed by atoms with E-state index in [9.17, 15) is 4.79 Å². The number of hydrogen-bond acceptors (Lipinski definition) is 3. The van der Waals surface area contributed by atoms with Crippen molar-refractivity contribution in [2.45, 2.75) is 6.42 Å². The van der Waals surface area contributed by atoms with Crippen LogP contribution >= 0.6 is 0 Å². The molecule has 2 rings (SSSR count). The summed E-state index contributed by atoms with van der Waals surface area (Å²) in [4.78, 5) is 13.2. The molecule has 0 bridgehead atoms. The number of carbonyl (C=O) groups is 1. The SMILES string of the molecule is O=Cc1ccccc1CCN1CCOCC1. The van der Waals surface area contributed by atoms with Gasteiger partial charge >= 0.3 is 0 Å². The molecule has 0 radical (unpaired) electrons. The summed E-state index contributed by atoms with van der Waals surface area (Å²) in [5, 5.41) is 0. The third-order valence-electron chi connectivity index (χ3n) is 2.98. The van der Waals surface area contributed by atoms with Crippen molar-refractivity contribution < 1.29 is 9.53 Å². The number of rotatable bonds is 4. The van der Waals surface area contributed by atoms with Crippen LogP contribution in [0.3, 0.4) is 0 Å². The maximum Gasteiger partial charge on any atom is 0.150 e. The zero-order valence-corrected chi connectivity index (χ0v) is 9.39. The molecule has 1 aliphatic heterocycles. The topological polar surface area (TPSA) is 29.5 Å². The predicted octanol–water partition coefficient (Wildman–Crippen LogP) is 1.37. The molecule has 3 nitrogen and oxygen atoms in total. The van der Waals surface area contributed by atoms with Crippen molar-refractivity contribution in [1.29, 1.82) is 0 Å². The van der Waals surface area contributed by atoms with E-state index in [4.69, 9.17) is 4.74 Å². The van der Waals surface area contributed by atoms with Gasteiger partial charge in [-0.25, -0.2) is 0 Å². The second kappa shape index (κ2) is 5.77. The highest BCUT2D eigenvalue weighted by molar-refractivity contribution is 5.77. The Kier molecular flexibility index (Phi) is 4.08. The highest BCUT2D eigenvalue weighted by Crippen LogP contribution is 2.08. The number of hydrogen-bond donors (Lipinski definition) is 0. The summed E-state index contributed by atoms with van der Waals surface area (Å²) in [7, 11) is 0. The predicted molar refractivity (Wildman–Crippen MR) is 62.8 cm³/mol. The van der Waals surface area contributed by atoms with Gasteiger partial charge in [0.1, 0.15) is 6.29 Å². The van der Waals surface area contributed by atoms with Gasteiger partial charge in [-0.05, 0) is 12.0 Å². The van der Waals surface area contributed by atoms with E-state index in [0.717, 1.165) is 56.7 Å². The molecule has 0 saturated carbocycles. The highest BCUT2D eigenvalue weighted by Gasteiger charge is 2.10. The van der Waals surface area contributed by atoms with Crippen molar-refractivity contribution in [1.82, 2.24) is 4.90 Å². The van der Waals surface area contributed by atoms with Gasteiger partial charge in [0.15, 0.2) is 0 Å². The fourth-order valence-electron chi connectivity index (χ4n) is 1.98. The third-order valence-corrected chi connectivity index (χ3v) is 2.98. The van der Waals surface area contributed by atoms with E-state index in [2.05, 4.69) is 4.90 Å². The van der Waals surface area contributed by atoms with Gasteiger partial charge in [-0.3, -0.25) is 9.69 Å². The van der Waals surface area contributed by atoms with E-state index < -0.39 is 0 Å². The van der Waals surface area contributed by atoms with Crippen LogP contribution in [-0.2, 0) is 11.2 Å². The zero-order valence-electron chi connectivity index (χ0n) is 9.39. The Balaban J connectivity index is 1.90. The molecule has 1 aromatic rings. The van der Waals surface area contributed by atoms with E-state index in [1.54, 1.807) is 0 Å². The molecule has 0 aromatic heterocycles. The standard InChI is InChI=1S/C13H17NO2/c15-11-13-4-2-1-3-12(13)5-6-14-7-9-16-10-8-14/h1-4,11H,5-10H2. The monoisotopic (exact) mass is 219 g/mol. The van der Waals surface area contributed by atoms with Crippen molar-refractivity contribution in [3.05, 3.63) is 35.4 Å². The van der Waals surface area contributed by atoms with Crippen LogP contribution in [0.15, 0.2) is 24.3 Å². The Morgan fingerprint density at radius 1 is 1.25 bits per heavy atom. The van der Waals surface area contributed by atoms with Gasteiger partial charge in [-0.15, -0.1) is 0 Å². The number of carbonyl (C=O) groups excluding carboxylic acids is 1. The molecule has 0 aliphatic carbocycles. The Bertz CT molecular complexity index is 346. The van der Waals surface area contributed by atoms with E-state index in [0.29, 0.717) is 0 Å². The maximum atomic E-state index is 10.8. The maximum absolute atomic E-state index is 10.8. The number of ether oxygens (including phenoxy) is 1. The van der Waals surface area contributed by atoms with Crippen LogP contribution < -0.4 is 0 Å². The number of morpholine rings is 1. The second-order valence-corrected chi connectivity index (χ2v) is 4.02. The van der Waals surface area contributed by atoms with Gasteiger partial charge in [-0.1, -0.05) is 24.3 Å². The first-order valence-electron chi connectivity index (χ1n) is 5.73.